The minimum atomic E-state index is -0.408. The summed E-state index contributed by atoms with van der Waals surface area (Å²) in [4.78, 5) is 25.7. The Hall–Kier alpha value is -3.00. The lowest BCUT2D eigenvalue weighted by atomic mass is 10.1. The number of hydrogen-bond acceptors (Lipinski definition) is 6. The van der Waals surface area contributed by atoms with Gasteiger partial charge in [0.2, 0.25) is 0 Å². The molecule has 0 fully saturated rings. The van der Waals surface area contributed by atoms with Crippen LogP contribution < -0.4 is 19.7 Å². The van der Waals surface area contributed by atoms with Crippen molar-refractivity contribution in [2.45, 2.75) is 25.9 Å². The van der Waals surface area contributed by atoms with E-state index < -0.39 is 5.82 Å². The number of hydrogen-bond donors (Lipinski definition) is 1. The fraction of sp³-hybridized carbons (Fsp3) is 0.333. The topological polar surface area (TPSA) is 77.1 Å². The molecular weight excluding hydrogens is 415 g/mol. The number of carbonyl (C=O) groups is 2. The van der Waals surface area contributed by atoms with Crippen molar-refractivity contribution in [2.24, 2.45) is 0 Å². The van der Waals surface area contributed by atoms with Crippen molar-refractivity contribution in [1.82, 2.24) is 0 Å². The van der Waals surface area contributed by atoms with Crippen LogP contribution in [0.15, 0.2) is 30.3 Å². The first-order valence-corrected chi connectivity index (χ1v) is 9.92. The zero-order valence-corrected chi connectivity index (χ0v) is 17.0. The first-order chi connectivity index (χ1) is 14.4. The third-order valence-corrected chi connectivity index (χ3v) is 5.17. The van der Waals surface area contributed by atoms with Gasteiger partial charge in [0.1, 0.15) is 18.2 Å². The summed E-state index contributed by atoms with van der Waals surface area (Å²) >= 11 is 6.35. The molecule has 0 aliphatic carbocycles. The van der Waals surface area contributed by atoms with Crippen molar-refractivity contribution >= 4 is 34.9 Å². The maximum atomic E-state index is 13.7. The van der Waals surface area contributed by atoms with E-state index in [1.54, 1.807) is 25.1 Å². The fourth-order valence-electron chi connectivity index (χ4n) is 3.61. The quantitative estimate of drug-likeness (QED) is 0.725. The van der Waals surface area contributed by atoms with Gasteiger partial charge >= 0.3 is 5.97 Å². The van der Waals surface area contributed by atoms with E-state index in [9.17, 15) is 14.0 Å². The van der Waals surface area contributed by atoms with E-state index >= 15 is 0 Å². The Morgan fingerprint density at radius 2 is 2.17 bits per heavy atom. The molecule has 1 atom stereocenters. The summed E-state index contributed by atoms with van der Waals surface area (Å²) in [6.45, 7) is 2.50. The zero-order valence-electron chi connectivity index (χ0n) is 16.2. The average molecular weight is 435 g/mol. The summed E-state index contributed by atoms with van der Waals surface area (Å²) in [6, 6.07) is 7.48. The number of nitrogens with one attached hydrogen (secondary N) is 1. The van der Waals surface area contributed by atoms with Gasteiger partial charge in [0.05, 0.1) is 35.5 Å². The Morgan fingerprint density at radius 3 is 2.97 bits per heavy atom. The molecule has 2 aromatic carbocycles. The molecule has 0 spiro atoms. The van der Waals surface area contributed by atoms with Crippen LogP contribution >= 0.6 is 11.6 Å². The van der Waals surface area contributed by atoms with Crippen LogP contribution in [0.25, 0.3) is 0 Å². The largest absolute Gasteiger partial charge is 0.489 e. The van der Waals surface area contributed by atoms with Crippen LogP contribution in [0, 0.1) is 5.82 Å². The number of benzene rings is 2. The van der Waals surface area contributed by atoms with Gasteiger partial charge in [-0.1, -0.05) is 11.6 Å². The molecule has 2 aliphatic heterocycles. The zero-order chi connectivity index (χ0) is 21.3. The average Bonchev–Trinajstić information content (AvgIpc) is 2.69. The Morgan fingerprint density at radius 1 is 1.33 bits per heavy atom. The van der Waals surface area contributed by atoms with Crippen molar-refractivity contribution in [3.8, 4) is 11.5 Å². The Kier molecular flexibility index (Phi) is 5.67. The summed E-state index contributed by atoms with van der Waals surface area (Å²) in [5.41, 5.74) is 1.94. The summed E-state index contributed by atoms with van der Waals surface area (Å²) < 4.78 is 29.9. The third-order valence-electron chi connectivity index (χ3n) is 4.89. The molecule has 1 N–H and O–H groups in total. The molecule has 0 radical (unpaired) electrons. The van der Waals surface area contributed by atoms with Gasteiger partial charge in [-0.2, -0.15) is 0 Å². The van der Waals surface area contributed by atoms with Gasteiger partial charge in [-0.25, -0.2) is 4.39 Å². The van der Waals surface area contributed by atoms with Crippen LogP contribution in [0.3, 0.4) is 0 Å². The molecule has 1 amide bonds. The van der Waals surface area contributed by atoms with Gasteiger partial charge in [0.15, 0.2) is 12.4 Å². The standard InChI is InChI=1S/C21H20ClFN2O5/c1-2-28-20(27)8-14-10-29-18-7-13(23)3-4-17(18)25(14)9-12-5-15(22)21-16(6-12)24-19(26)11-30-21/h3-7,14H,2,8-11H2,1H3,(H,24,26)/t14-/m0/s1. The Bertz CT molecular complexity index is 1000. The molecule has 7 nitrogen and oxygen atoms in total. The number of ether oxygens (including phenoxy) is 3. The van der Waals surface area contributed by atoms with Crippen molar-refractivity contribution in [1.29, 1.82) is 0 Å². The van der Waals surface area contributed by atoms with Crippen LogP contribution in [0.5, 0.6) is 11.5 Å². The fourth-order valence-corrected chi connectivity index (χ4v) is 3.91. The number of fused-ring (bicyclic) bond motifs is 2. The Balaban J connectivity index is 1.66. The molecule has 0 saturated carbocycles. The highest BCUT2D eigenvalue weighted by Crippen LogP contribution is 2.40. The normalized spacial score (nSPS) is 17.2. The molecule has 0 aromatic heterocycles. The molecule has 0 saturated heterocycles. The van der Waals surface area contributed by atoms with E-state index in [-0.39, 0.29) is 44.2 Å². The van der Waals surface area contributed by atoms with Crippen LogP contribution in [0.2, 0.25) is 5.02 Å². The van der Waals surface area contributed by atoms with Crippen molar-refractivity contribution in [3.63, 3.8) is 0 Å². The highest BCUT2D eigenvalue weighted by molar-refractivity contribution is 6.33. The van der Waals surface area contributed by atoms with E-state index in [4.69, 9.17) is 25.8 Å². The number of carbonyl (C=O) groups excluding carboxylic acids is 2. The van der Waals surface area contributed by atoms with E-state index in [1.165, 1.54) is 12.1 Å². The highest BCUT2D eigenvalue weighted by atomic mass is 35.5. The number of halogens is 2. The lowest BCUT2D eigenvalue weighted by Crippen LogP contribution is -2.44. The van der Waals surface area contributed by atoms with Gasteiger partial charge in [-0.3, -0.25) is 9.59 Å². The van der Waals surface area contributed by atoms with Crippen LogP contribution in [0.4, 0.5) is 15.8 Å². The van der Waals surface area contributed by atoms with Crippen molar-refractivity contribution < 1.29 is 28.2 Å². The number of amides is 1. The molecule has 4 rings (SSSR count). The predicted octanol–water partition coefficient (Wildman–Crippen LogP) is 3.53. The molecule has 30 heavy (non-hydrogen) atoms. The Labute approximate surface area is 177 Å². The molecule has 0 bridgehead atoms. The molecule has 2 heterocycles. The summed E-state index contributed by atoms with van der Waals surface area (Å²) in [6.07, 6.45) is 0.114. The lowest BCUT2D eigenvalue weighted by Gasteiger charge is -2.38. The highest BCUT2D eigenvalue weighted by Gasteiger charge is 2.31. The maximum Gasteiger partial charge on any atom is 0.307 e. The van der Waals surface area contributed by atoms with Gasteiger partial charge < -0.3 is 24.4 Å². The molecule has 0 unspecified atom stereocenters. The van der Waals surface area contributed by atoms with Crippen LogP contribution in [0.1, 0.15) is 18.9 Å². The summed E-state index contributed by atoms with van der Waals surface area (Å²) in [5, 5.41) is 3.12. The maximum absolute atomic E-state index is 13.7. The van der Waals surface area contributed by atoms with Gasteiger partial charge in [-0.15, -0.1) is 0 Å². The summed E-state index contributed by atoms with van der Waals surface area (Å²) in [5.74, 6) is -0.188. The van der Waals surface area contributed by atoms with Crippen LogP contribution in [-0.2, 0) is 20.9 Å². The van der Waals surface area contributed by atoms with Crippen molar-refractivity contribution in [2.75, 3.05) is 30.0 Å². The molecule has 158 valence electrons. The minimum absolute atomic E-state index is 0.0872. The second-order valence-electron chi connectivity index (χ2n) is 7.01. The number of rotatable bonds is 5. The van der Waals surface area contributed by atoms with E-state index in [1.807, 2.05) is 4.90 Å². The first-order valence-electron chi connectivity index (χ1n) is 9.54. The number of anilines is 2. The molecule has 2 aromatic rings. The number of esters is 1. The smallest absolute Gasteiger partial charge is 0.307 e. The van der Waals surface area contributed by atoms with Crippen LogP contribution in [-0.4, -0.2) is 37.7 Å². The van der Waals surface area contributed by atoms with Gasteiger partial charge in [-0.05, 0) is 36.8 Å². The molecule has 2 aliphatic rings. The summed E-state index contributed by atoms with van der Waals surface area (Å²) in [7, 11) is 0. The van der Waals surface area contributed by atoms with Crippen molar-refractivity contribution in [3.05, 3.63) is 46.7 Å². The first kappa shape index (κ1) is 20.3. The third kappa shape index (κ3) is 4.14. The van der Waals surface area contributed by atoms with E-state index in [2.05, 4.69) is 5.32 Å². The molecule has 9 heteroatoms. The SMILES string of the molecule is CCOC(=O)C[C@H]1COc2cc(F)ccc2N1Cc1cc(Cl)c2c(c1)NC(=O)CO2. The monoisotopic (exact) mass is 434 g/mol. The lowest BCUT2D eigenvalue weighted by molar-refractivity contribution is -0.143. The number of nitrogens with zero attached hydrogens (tertiary/aromatic N) is 1. The second kappa shape index (κ2) is 8.39. The molecular formula is C21H20ClFN2O5. The minimum Gasteiger partial charge on any atom is -0.489 e. The van der Waals surface area contributed by atoms with Gasteiger partial charge in [0, 0.05) is 12.6 Å². The van der Waals surface area contributed by atoms with E-state index in [0.29, 0.717) is 34.4 Å². The van der Waals surface area contributed by atoms with E-state index in [0.717, 1.165) is 5.56 Å². The predicted molar refractivity (Wildman–Crippen MR) is 109 cm³/mol. The van der Waals surface area contributed by atoms with Gasteiger partial charge in [0.25, 0.3) is 5.91 Å². The second-order valence-corrected chi connectivity index (χ2v) is 7.41.